The summed E-state index contributed by atoms with van der Waals surface area (Å²) in [5, 5.41) is 2.66. The van der Waals surface area contributed by atoms with Crippen LogP contribution in [0, 0.1) is 0 Å². The fourth-order valence-electron chi connectivity index (χ4n) is 3.02. The number of nitrogens with zero attached hydrogens (tertiary/aromatic N) is 1. The van der Waals surface area contributed by atoms with Crippen LogP contribution in [0.5, 0.6) is 0 Å². The van der Waals surface area contributed by atoms with Crippen LogP contribution in [0.15, 0.2) is 54.6 Å². The average Bonchev–Trinajstić information content (AvgIpc) is 3.68. The predicted molar refractivity (Wildman–Crippen MR) is 125 cm³/mol. The molecule has 0 unspecified atom stereocenters. The molecule has 0 spiro atoms. The standard InChI is InChI=1S/C18H18N2O4.C7H12O3/c21-17-13-23-11-10-20(17)16-8-6-15(7-9-16)19-18(22)24-12-14-4-2-1-3-5-14;1-2-3-7(8)10-5-6-4-9-6/h1-9H,10-13H2,(H,19,22);6H,2-5H2,1H3/t;6-/m.1/s1. The maximum atomic E-state index is 11.8. The summed E-state index contributed by atoms with van der Waals surface area (Å²) in [6.07, 6.45) is 1.05. The van der Waals surface area contributed by atoms with E-state index in [0.717, 1.165) is 24.3 Å². The van der Waals surface area contributed by atoms with Gasteiger partial charge in [-0.3, -0.25) is 14.9 Å². The molecule has 34 heavy (non-hydrogen) atoms. The minimum absolute atomic E-state index is 0.0655. The summed E-state index contributed by atoms with van der Waals surface area (Å²) in [6, 6.07) is 16.5. The van der Waals surface area contributed by atoms with E-state index in [4.69, 9.17) is 18.9 Å². The van der Waals surface area contributed by atoms with E-state index in [1.807, 2.05) is 37.3 Å². The Balaban J connectivity index is 0.000000271. The van der Waals surface area contributed by atoms with Gasteiger partial charge in [0.25, 0.3) is 5.91 Å². The summed E-state index contributed by atoms with van der Waals surface area (Å²) in [5.41, 5.74) is 2.32. The topological polar surface area (TPSA) is 107 Å². The highest BCUT2D eigenvalue weighted by atomic mass is 16.6. The van der Waals surface area contributed by atoms with Gasteiger partial charge in [-0.25, -0.2) is 4.79 Å². The van der Waals surface area contributed by atoms with E-state index in [0.29, 0.717) is 31.9 Å². The number of hydrogen-bond acceptors (Lipinski definition) is 7. The minimum atomic E-state index is -0.519. The van der Waals surface area contributed by atoms with Gasteiger partial charge in [0.05, 0.1) is 13.2 Å². The van der Waals surface area contributed by atoms with Crippen LogP contribution in [-0.2, 0) is 35.1 Å². The van der Waals surface area contributed by atoms with E-state index in [1.54, 1.807) is 29.2 Å². The lowest BCUT2D eigenvalue weighted by molar-refractivity contribution is -0.144. The third kappa shape index (κ3) is 8.84. The van der Waals surface area contributed by atoms with E-state index in [2.05, 4.69) is 5.32 Å². The Morgan fingerprint density at radius 2 is 1.82 bits per heavy atom. The zero-order chi connectivity index (χ0) is 24.2. The van der Waals surface area contributed by atoms with Crippen molar-refractivity contribution < 1.29 is 33.3 Å². The molecule has 2 aliphatic heterocycles. The van der Waals surface area contributed by atoms with E-state index in [-0.39, 0.29) is 31.2 Å². The molecular weight excluding hydrogens is 440 g/mol. The molecule has 0 aliphatic carbocycles. The summed E-state index contributed by atoms with van der Waals surface area (Å²) >= 11 is 0. The van der Waals surface area contributed by atoms with E-state index >= 15 is 0 Å². The number of carbonyl (C=O) groups is 3. The number of nitrogens with one attached hydrogen (secondary N) is 1. The third-order valence-electron chi connectivity index (χ3n) is 4.91. The Labute approximate surface area is 198 Å². The van der Waals surface area contributed by atoms with Crippen LogP contribution >= 0.6 is 0 Å². The number of carbonyl (C=O) groups excluding carboxylic acids is 3. The van der Waals surface area contributed by atoms with Crippen LogP contribution in [0.1, 0.15) is 25.3 Å². The second-order valence-corrected chi connectivity index (χ2v) is 7.72. The Kier molecular flexibility index (Phi) is 9.87. The van der Waals surface area contributed by atoms with Gasteiger partial charge in [0.2, 0.25) is 0 Å². The zero-order valence-corrected chi connectivity index (χ0v) is 19.2. The largest absolute Gasteiger partial charge is 0.463 e. The molecule has 4 rings (SSSR count). The van der Waals surface area contributed by atoms with Crippen LogP contribution in [-0.4, -0.2) is 57.0 Å². The molecule has 2 amide bonds. The SMILES string of the molecule is CCCC(=O)OC[C@H]1CO1.O=C(Nc1ccc(N2CCOCC2=O)cc1)OCc1ccccc1. The molecule has 2 heterocycles. The Morgan fingerprint density at radius 3 is 2.47 bits per heavy atom. The second kappa shape index (κ2) is 13.3. The van der Waals surface area contributed by atoms with Gasteiger partial charge < -0.3 is 23.8 Å². The lowest BCUT2D eigenvalue weighted by Gasteiger charge is -2.26. The van der Waals surface area contributed by atoms with Crippen LogP contribution in [0.2, 0.25) is 0 Å². The molecule has 0 saturated carbocycles. The maximum Gasteiger partial charge on any atom is 0.411 e. The van der Waals surface area contributed by atoms with Crippen LogP contribution in [0.3, 0.4) is 0 Å². The summed E-state index contributed by atoms with van der Waals surface area (Å²) in [7, 11) is 0. The van der Waals surface area contributed by atoms with Gasteiger partial charge in [-0.05, 0) is 36.2 Å². The first-order valence-corrected chi connectivity index (χ1v) is 11.3. The van der Waals surface area contributed by atoms with Gasteiger partial charge in [0, 0.05) is 24.3 Å². The summed E-state index contributed by atoms with van der Waals surface area (Å²) < 4.78 is 20.0. The van der Waals surface area contributed by atoms with Crippen LogP contribution < -0.4 is 10.2 Å². The first-order valence-electron chi connectivity index (χ1n) is 11.3. The summed E-state index contributed by atoms with van der Waals surface area (Å²) in [4.78, 5) is 36.0. The van der Waals surface area contributed by atoms with Crippen molar-refractivity contribution in [1.82, 2.24) is 0 Å². The van der Waals surface area contributed by atoms with Gasteiger partial charge in [-0.15, -0.1) is 0 Å². The molecule has 0 aromatic heterocycles. The highest BCUT2D eigenvalue weighted by molar-refractivity contribution is 5.95. The van der Waals surface area contributed by atoms with Gasteiger partial charge in [-0.2, -0.15) is 0 Å². The quantitative estimate of drug-likeness (QED) is 0.465. The number of amides is 2. The number of ether oxygens (including phenoxy) is 4. The molecule has 1 N–H and O–H groups in total. The number of esters is 1. The fourth-order valence-corrected chi connectivity index (χ4v) is 3.02. The van der Waals surface area contributed by atoms with Crippen molar-refractivity contribution in [1.29, 1.82) is 0 Å². The van der Waals surface area contributed by atoms with Crippen molar-refractivity contribution in [2.75, 3.05) is 43.2 Å². The molecule has 2 aliphatic rings. The number of anilines is 2. The molecule has 2 saturated heterocycles. The number of benzene rings is 2. The molecule has 182 valence electrons. The Hall–Kier alpha value is -3.43. The molecule has 0 bridgehead atoms. The van der Waals surface area contributed by atoms with Crippen molar-refractivity contribution in [2.45, 2.75) is 32.5 Å². The molecule has 0 radical (unpaired) electrons. The normalized spacial score (nSPS) is 16.7. The lowest BCUT2D eigenvalue weighted by atomic mass is 10.2. The maximum absolute atomic E-state index is 11.8. The molecule has 2 fully saturated rings. The van der Waals surface area contributed by atoms with E-state index in [9.17, 15) is 14.4 Å². The van der Waals surface area contributed by atoms with Crippen molar-refractivity contribution in [3.05, 3.63) is 60.2 Å². The molecule has 1 atom stereocenters. The number of morpholine rings is 1. The van der Waals surface area contributed by atoms with Crippen molar-refractivity contribution >= 4 is 29.3 Å². The molecule has 2 aromatic carbocycles. The van der Waals surface area contributed by atoms with E-state index < -0.39 is 6.09 Å². The van der Waals surface area contributed by atoms with Crippen molar-refractivity contribution in [3.8, 4) is 0 Å². The predicted octanol–water partition coefficient (Wildman–Crippen LogP) is 3.53. The van der Waals surface area contributed by atoms with Gasteiger partial charge in [-0.1, -0.05) is 37.3 Å². The fraction of sp³-hybridized carbons (Fsp3) is 0.400. The monoisotopic (exact) mass is 470 g/mol. The van der Waals surface area contributed by atoms with Gasteiger partial charge >= 0.3 is 12.1 Å². The number of rotatable bonds is 8. The molecule has 9 heteroatoms. The second-order valence-electron chi connectivity index (χ2n) is 7.72. The molecule has 9 nitrogen and oxygen atoms in total. The molecular formula is C25H30N2O7. The van der Waals surface area contributed by atoms with E-state index in [1.165, 1.54) is 0 Å². The van der Waals surface area contributed by atoms with Crippen LogP contribution in [0.25, 0.3) is 0 Å². The first kappa shape index (κ1) is 25.2. The average molecular weight is 471 g/mol. The van der Waals surface area contributed by atoms with Gasteiger partial charge in [0.1, 0.15) is 25.9 Å². The first-order chi connectivity index (χ1) is 16.5. The molecule has 2 aromatic rings. The number of epoxide rings is 1. The Morgan fingerprint density at radius 1 is 1.09 bits per heavy atom. The number of hydrogen-bond donors (Lipinski definition) is 1. The summed E-state index contributed by atoms with van der Waals surface area (Å²) in [5.74, 6) is -0.178. The Bertz CT molecular complexity index is 930. The van der Waals surface area contributed by atoms with Crippen LogP contribution in [0.4, 0.5) is 16.2 Å². The summed E-state index contributed by atoms with van der Waals surface area (Å²) in [6.45, 7) is 4.52. The van der Waals surface area contributed by atoms with Crippen molar-refractivity contribution in [2.24, 2.45) is 0 Å². The zero-order valence-electron chi connectivity index (χ0n) is 19.2. The third-order valence-corrected chi connectivity index (χ3v) is 4.91. The van der Waals surface area contributed by atoms with Gasteiger partial charge in [0.15, 0.2) is 0 Å². The highest BCUT2D eigenvalue weighted by Gasteiger charge is 2.23. The van der Waals surface area contributed by atoms with Crippen molar-refractivity contribution in [3.63, 3.8) is 0 Å². The smallest absolute Gasteiger partial charge is 0.411 e. The lowest BCUT2D eigenvalue weighted by Crippen LogP contribution is -2.41. The highest BCUT2D eigenvalue weighted by Crippen LogP contribution is 2.20. The minimum Gasteiger partial charge on any atom is -0.463 e.